The van der Waals surface area contributed by atoms with E-state index in [1.807, 2.05) is 12.1 Å². The lowest BCUT2D eigenvalue weighted by atomic mass is 9.90. The number of hydrogen-bond acceptors (Lipinski definition) is 3. The Morgan fingerprint density at radius 2 is 1.77 bits per heavy atom. The predicted octanol–water partition coefficient (Wildman–Crippen LogP) is 3.57. The number of carbonyl (C=O) groups is 2. The van der Waals surface area contributed by atoms with Crippen LogP contribution in [0, 0.1) is 5.82 Å². The average Bonchev–Trinajstić information content (AvgIpc) is 2.66. The Labute approximate surface area is 152 Å². The van der Waals surface area contributed by atoms with Gasteiger partial charge < -0.3 is 10.1 Å². The minimum Gasteiger partial charge on any atom is -0.449 e. The molecule has 26 heavy (non-hydrogen) atoms. The highest BCUT2D eigenvalue weighted by molar-refractivity contribution is 5.92. The van der Waals surface area contributed by atoms with Crippen molar-refractivity contribution in [1.82, 2.24) is 5.32 Å². The molecule has 1 aliphatic carbocycles. The summed E-state index contributed by atoms with van der Waals surface area (Å²) in [4.78, 5) is 24.4. The molecule has 0 aliphatic heterocycles. The highest BCUT2D eigenvalue weighted by Gasteiger charge is 2.20. The summed E-state index contributed by atoms with van der Waals surface area (Å²) in [7, 11) is 0. The zero-order chi connectivity index (χ0) is 18.5. The van der Waals surface area contributed by atoms with Gasteiger partial charge in [-0.1, -0.05) is 18.2 Å². The molecule has 0 bridgehead atoms. The van der Waals surface area contributed by atoms with Gasteiger partial charge in [-0.15, -0.1) is 0 Å². The molecule has 0 saturated heterocycles. The smallest absolute Gasteiger partial charge is 0.338 e. The van der Waals surface area contributed by atoms with Crippen LogP contribution in [0.15, 0.2) is 42.5 Å². The van der Waals surface area contributed by atoms with Crippen LogP contribution in [0.3, 0.4) is 0 Å². The largest absolute Gasteiger partial charge is 0.449 e. The van der Waals surface area contributed by atoms with Crippen LogP contribution in [0.25, 0.3) is 0 Å². The zero-order valence-electron chi connectivity index (χ0n) is 14.8. The molecule has 1 atom stereocenters. The highest BCUT2D eigenvalue weighted by Crippen LogP contribution is 2.22. The van der Waals surface area contributed by atoms with Gasteiger partial charge in [-0.3, -0.25) is 4.79 Å². The van der Waals surface area contributed by atoms with E-state index in [1.165, 1.54) is 36.6 Å². The molecule has 4 nitrogen and oxygen atoms in total. The minimum atomic E-state index is -0.904. The maximum absolute atomic E-state index is 12.9. The third-order valence-corrected chi connectivity index (χ3v) is 4.62. The molecule has 0 saturated carbocycles. The Morgan fingerprint density at radius 3 is 2.50 bits per heavy atom. The molecule has 0 radical (unpaired) electrons. The van der Waals surface area contributed by atoms with E-state index >= 15 is 0 Å². The SMILES string of the molecule is CC(OC(=O)c1ccc2c(c1)CCCC2)C(=O)NCc1ccc(F)cc1. The number of esters is 1. The van der Waals surface area contributed by atoms with Gasteiger partial charge in [0.2, 0.25) is 0 Å². The topological polar surface area (TPSA) is 55.4 Å². The molecule has 1 unspecified atom stereocenters. The third kappa shape index (κ3) is 4.48. The van der Waals surface area contributed by atoms with Crippen molar-refractivity contribution in [1.29, 1.82) is 0 Å². The Bertz CT molecular complexity index is 801. The van der Waals surface area contributed by atoms with Crippen LogP contribution in [-0.4, -0.2) is 18.0 Å². The molecule has 2 aromatic rings. The lowest BCUT2D eigenvalue weighted by Gasteiger charge is -2.17. The number of fused-ring (bicyclic) bond motifs is 1. The Kier molecular flexibility index (Phi) is 5.66. The fourth-order valence-electron chi connectivity index (χ4n) is 3.08. The van der Waals surface area contributed by atoms with Crippen LogP contribution in [0.4, 0.5) is 4.39 Å². The first-order valence-electron chi connectivity index (χ1n) is 8.88. The van der Waals surface area contributed by atoms with Crippen LogP contribution < -0.4 is 5.32 Å². The van der Waals surface area contributed by atoms with Crippen LogP contribution in [0.5, 0.6) is 0 Å². The van der Waals surface area contributed by atoms with Gasteiger partial charge in [-0.05, 0) is 73.6 Å². The van der Waals surface area contributed by atoms with Gasteiger partial charge in [-0.2, -0.15) is 0 Å². The van der Waals surface area contributed by atoms with Crippen LogP contribution >= 0.6 is 0 Å². The maximum Gasteiger partial charge on any atom is 0.338 e. The van der Waals surface area contributed by atoms with Crippen molar-refractivity contribution in [2.75, 3.05) is 0 Å². The summed E-state index contributed by atoms with van der Waals surface area (Å²) in [6.07, 6.45) is 3.44. The summed E-state index contributed by atoms with van der Waals surface area (Å²) in [5.41, 5.74) is 3.73. The first-order valence-corrected chi connectivity index (χ1v) is 8.88. The van der Waals surface area contributed by atoms with E-state index in [-0.39, 0.29) is 18.3 Å². The lowest BCUT2D eigenvalue weighted by molar-refractivity contribution is -0.129. The summed E-state index contributed by atoms with van der Waals surface area (Å²) in [6.45, 7) is 1.79. The lowest BCUT2D eigenvalue weighted by Crippen LogP contribution is -2.35. The van der Waals surface area contributed by atoms with Gasteiger partial charge in [0.1, 0.15) is 5.82 Å². The average molecular weight is 355 g/mol. The molecule has 1 aliphatic rings. The second-order valence-electron chi connectivity index (χ2n) is 6.58. The summed E-state index contributed by atoms with van der Waals surface area (Å²) >= 11 is 0. The standard InChI is InChI=1S/C21H22FNO3/c1-14(20(24)23-13-15-6-10-19(22)11-7-15)26-21(25)18-9-8-16-4-2-3-5-17(16)12-18/h6-12,14H,2-5,13H2,1H3,(H,23,24). The molecule has 0 spiro atoms. The number of nitrogens with one attached hydrogen (secondary N) is 1. The van der Waals surface area contributed by atoms with Gasteiger partial charge in [-0.25, -0.2) is 9.18 Å². The normalized spacial score (nSPS) is 14.2. The molecule has 5 heteroatoms. The van der Waals surface area contributed by atoms with E-state index in [0.717, 1.165) is 24.8 Å². The number of aryl methyl sites for hydroxylation is 2. The van der Waals surface area contributed by atoms with E-state index in [0.29, 0.717) is 5.56 Å². The highest BCUT2D eigenvalue weighted by atomic mass is 19.1. The summed E-state index contributed by atoms with van der Waals surface area (Å²) in [6, 6.07) is 11.5. The number of rotatable bonds is 5. The van der Waals surface area contributed by atoms with Crippen molar-refractivity contribution >= 4 is 11.9 Å². The maximum atomic E-state index is 12.9. The Balaban J connectivity index is 1.54. The third-order valence-electron chi connectivity index (χ3n) is 4.62. The molecular formula is C21H22FNO3. The summed E-state index contributed by atoms with van der Waals surface area (Å²) < 4.78 is 18.2. The first-order chi connectivity index (χ1) is 12.5. The number of carbonyl (C=O) groups excluding carboxylic acids is 2. The minimum absolute atomic E-state index is 0.250. The fourth-order valence-corrected chi connectivity index (χ4v) is 3.08. The predicted molar refractivity (Wildman–Crippen MR) is 96.2 cm³/mol. The number of hydrogen-bond donors (Lipinski definition) is 1. The second-order valence-corrected chi connectivity index (χ2v) is 6.58. The summed E-state index contributed by atoms with van der Waals surface area (Å²) in [5.74, 6) is -1.21. The first kappa shape index (κ1) is 18.1. The number of amides is 1. The van der Waals surface area contributed by atoms with E-state index < -0.39 is 12.1 Å². The van der Waals surface area contributed by atoms with Gasteiger partial charge in [0, 0.05) is 6.54 Å². The van der Waals surface area contributed by atoms with Crippen molar-refractivity contribution in [3.05, 3.63) is 70.5 Å². The Hall–Kier alpha value is -2.69. The van der Waals surface area contributed by atoms with Crippen LogP contribution in [0.2, 0.25) is 0 Å². The molecule has 1 N–H and O–H groups in total. The molecule has 0 aromatic heterocycles. The number of benzene rings is 2. The second kappa shape index (κ2) is 8.13. The fraction of sp³-hybridized carbons (Fsp3) is 0.333. The monoisotopic (exact) mass is 355 g/mol. The molecule has 1 amide bonds. The number of ether oxygens (including phenoxy) is 1. The van der Waals surface area contributed by atoms with E-state index in [9.17, 15) is 14.0 Å². The van der Waals surface area contributed by atoms with E-state index in [2.05, 4.69) is 5.32 Å². The Morgan fingerprint density at radius 1 is 1.08 bits per heavy atom. The van der Waals surface area contributed by atoms with Gasteiger partial charge in [0.25, 0.3) is 5.91 Å². The van der Waals surface area contributed by atoms with Crippen molar-refractivity contribution in [2.45, 2.75) is 45.3 Å². The van der Waals surface area contributed by atoms with Crippen molar-refractivity contribution in [3.63, 3.8) is 0 Å². The summed E-state index contributed by atoms with van der Waals surface area (Å²) in [5, 5.41) is 2.69. The zero-order valence-corrected chi connectivity index (χ0v) is 14.8. The van der Waals surface area contributed by atoms with Gasteiger partial charge in [0.05, 0.1) is 5.56 Å². The van der Waals surface area contributed by atoms with Crippen molar-refractivity contribution in [2.24, 2.45) is 0 Å². The molecule has 2 aromatic carbocycles. The van der Waals surface area contributed by atoms with Crippen molar-refractivity contribution in [3.8, 4) is 0 Å². The molecule has 0 heterocycles. The molecule has 136 valence electrons. The van der Waals surface area contributed by atoms with Crippen molar-refractivity contribution < 1.29 is 18.7 Å². The van der Waals surface area contributed by atoms with Crippen LogP contribution in [-0.2, 0) is 28.9 Å². The quantitative estimate of drug-likeness (QED) is 0.835. The molecule has 0 fully saturated rings. The molecular weight excluding hydrogens is 333 g/mol. The number of halogens is 1. The van der Waals surface area contributed by atoms with E-state index in [4.69, 9.17) is 4.74 Å². The van der Waals surface area contributed by atoms with Gasteiger partial charge >= 0.3 is 5.97 Å². The van der Waals surface area contributed by atoms with Crippen LogP contribution in [0.1, 0.15) is 46.8 Å². The van der Waals surface area contributed by atoms with E-state index in [1.54, 1.807) is 18.2 Å². The molecule has 3 rings (SSSR count). The van der Waals surface area contributed by atoms with Gasteiger partial charge in [0.15, 0.2) is 6.10 Å².